The fourth-order valence-corrected chi connectivity index (χ4v) is 3.01. The molecule has 0 aliphatic rings. The smallest absolute Gasteiger partial charge is 0.272 e. The summed E-state index contributed by atoms with van der Waals surface area (Å²) in [6.45, 7) is 12.0. The van der Waals surface area contributed by atoms with E-state index in [1.807, 2.05) is 4.90 Å². The Bertz CT molecular complexity index is 737. The number of para-hydroxylation sites is 1. The average molecular weight is 354 g/mol. The highest BCUT2D eigenvalue weighted by atomic mass is 16.2. The number of amides is 1. The van der Waals surface area contributed by atoms with Gasteiger partial charge in [-0.1, -0.05) is 45.9 Å². The lowest BCUT2D eigenvalue weighted by atomic mass is 9.98. The van der Waals surface area contributed by atoms with E-state index >= 15 is 0 Å². The molecule has 0 fully saturated rings. The van der Waals surface area contributed by atoms with Crippen molar-refractivity contribution in [1.29, 1.82) is 0 Å². The number of benzene rings is 1. The molecular weight excluding hydrogens is 324 g/mol. The number of hydrogen-bond acceptors (Lipinski definition) is 4. The van der Waals surface area contributed by atoms with Crippen molar-refractivity contribution in [2.75, 3.05) is 18.4 Å². The molecular formula is C21H30N4O. The van der Waals surface area contributed by atoms with Crippen LogP contribution in [0.3, 0.4) is 0 Å². The van der Waals surface area contributed by atoms with Crippen LogP contribution in [0.1, 0.15) is 68.1 Å². The van der Waals surface area contributed by atoms with Gasteiger partial charge in [-0.25, -0.2) is 9.97 Å². The van der Waals surface area contributed by atoms with Crippen molar-refractivity contribution in [1.82, 2.24) is 14.9 Å². The summed E-state index contributed by atoms with van der Waals surface area (Å²) < 4.78 is 0. The van der Waals surface area contributed by atoms with Crippen molar-refractivity contribution in [3.05, 3.63) is 47.3 Å². The van der Waals surface area contributed by atoms with Crippen LogP contribution in [0.4, 0.5) is 11.6 Å². The molecule has 1 aromatic heterocycles. The number of rotatable bonds is 8. The van der Waals surface area contributed by atoms with E-state index in [0.29, 0.717) is 17.6 Å². The number of nitrogens with one attached hydrogen (secondary N) is 1. The van der Waals surface area contributed by atoms with Gasteiger partial charge in [0.2, 0.25) is 5.95 Å². The first-order valence-electron chi connectivity index (χ1n) is 9.46. The molecule has 1 heterocycles. The molecule has 0 saturated heterocycles. The van der Waals surface area contributed by atoms with Crippen molar-refractivity contribution in [2.24, 2.45) is 0 Å². The highest BCUT2D eigenvalue weighted by molar-refractivity contribution is 5.92. The third-order valence-corrected chi connectivity index (χ3v) is 4.31. The second kappa shape index (κ2) is 9.32. The standard InChI is InChI=1S/C21H30N4O/c1-6-13-25(14-7-2)20(26)18-11-12-22-21(23-18)24-19-16(5)9-8-10-17(19)15(3)4/h8-12,15H,6-7,13-14H2,1-5H3,(H,22,23,24). The Hall–Kier alpha value is -2.43. The summed E-state index contributed by atoms with van der Waals surface area (Å²) >= 11 is 0. The zero-order valence-corrected chi connectivity index (χ0v) is 16.5. The van der Waals surface area contributed by atoms with Gasteiger partial charge in [0.15, 0.2) is 0 Å². The molecule has 0 unspecified atom stereocenters. The summed E-state index contributed by atoms with van der Waals surface area (Å²) in [7, 11) is 0. The minimum absolute atomic E-state index is 0.0342. The van der Waals surface area contributed by atoms with Crippen LogP contribution in [0, 0.1) is 6.92 Å². The highest BCUT2D eigenvalue weighted by Crippen LogP contribution is 2.29. The summed E-state index contributed by atoms with van der Waals surface area (Å²) in [5.41, 5.74) is 3.80. The first-order chi connectivity index (χ1) is 12.5. The Morgan fingerprint density at radius 1 is 1.15 bits per heavy atom. The molecule has 0 atom stereocenters. The molecule has 0 bridgehead atoms. The van der Waals surface area contributed by atoms with Gasteiger partial charge in [-0.3, -0.25) is 4.79 Å². The molecule has 1 aromatic carbocycles. The van der Waals surface area contributed by atoms with Crippen LogP contribution < -0.4 is 5.32 Å². The molecule has 0 aliphatic heterocycles. The molecule has 0 saturated carbocycles. The normalized spacial score (nSPS) is 10.8. The van der Waals surface area contributed by atoms with E-state index < -0.39 is 0 Å². The minimum Gasteiger partial charge on any atom is -0.337 e. The lowest BCUT2D eigenvalue weighted by Gasteiger charge is -2.21. The molecule has 140 valence electrons. The van der Waals surface area contributed by atoms with Crippen molar-refractivity contribution >= 4 is 17.5 Å². The third kappa shape index (κ3) is 4.81. The SMILES string of the molecule is CCCN(CCC)C(=O)c1ccnc(Nc2c(C)cccc2C(C)C)n1. The van der Waals surface area contributed by atoms with Gasteiger partial charge >= 0.3 is 0 Å². The van der Waals surface area contributed by atoms with Gasteiger partial charge in [-0.05, 0) is 42.9 Å². The number of carbonyl (C=O) groups excluding carboxylic acids is 1. The number of nitrogens with zero attached hydrogens (tertiary/aromatic N) is 3. The molecule has 1 amide bonds. The van der Waals surface area contributed by atoms with Gasteiger partial charge in [0.25, 0.3) is 5.91 Å². The summed E-state index contributed by atoms with van der Waals surface area (Å²) in [5, 5.41) is 3.33. The lowest BCUT2D eigenvalue weighted by Crippen LogP contribution is -2.33. The van der Waals surface area contributed by atoms with Crippen LogP contribution in [-0.2, 0) is 0 Å². The van der Waals surface area contributed by atoms with Crippen molar-refractivity contribution in [3.63, 3.8) is 0 Å². The maximum Gasteiger partial charge on any atom is 0.272 e. The number of hydrogen-bond donors (Lipinski definition) is 1. The molecule has 0 spiro atoms. The maximum atomic E-state index is 12.8. The monoisotopic (exact) mass is 354 g/mol. The van der Waals surface area contributed by atoms with Crippen LogP contribution >= 0.6 is 0 Å². The zero-order chi connectivity index (χ0) is 19.1. The molecule has 5 heteroatoms. The van der Waals surface area contributed by atoms with E-state index in [1.165, 1.54) is 5.56 Å². The fraction of sp³-hybridized carbons (Fsp3) is 0.476. The Balaban J connectivity index is 2.29. The van der Waals surface area contributed by atoms with Gasteiger partial charge < -0.3 is 10.2 Å². The molecule has 2 aromatic rings. The van der Waals surface area contributed by atoms with Gasteiger partial charge in [0.1, 0.15) is 5.69 Å². The Morgan fingerprint density at radius 2 is 1.85 bits per heavy atom. The van der Waals surface area contributed by atoms with E-state index in [0.717, 1.165) is 37.2 Å². The first-order valence-corrected chi connectivity index (χ1v) is 9.46. The number of aromatic nitrogens is 2. The Kier molecular flexibility index (Phi) is 7.13. The molecule has 2 rings (SSSR count). The van der Waals surface area contributed by atoms with E-state index in [1.54, 1.807) is 12.3 Å². The summed E-state index contributed by atoms with van der Waals surface area (Å²) in [5.74, 6) is 0.805. The highest BCUT2D eigenvalue weighted by Gasteiger charge is 2.17. The molecule has 0 aliphatic carbocycles. The maximum absolute atomic E-state index is 12.8. The fourth-order valence-electron chi connectivity index (χ4n) is 3.01. The number of aryl methyl sites for hydroxylation is 1. The second-order valence-electron chi connectivity index (χ2n) is 6.88. The first kappa shape index (κ1) is 19.9. The van der Waals surface area contributed by atoms with Gasteiger partial charge in [-0.2, -0.15) is 0 Å². The van der Waals surface area contributed by atoms with Crippen molar-refractivity contribution in [3.8, 4) is 0 Å². The van der Waals surface area contributed by atoms with E-state index in [-0.39, 0.29) is 5.91 Å². The quantitative estimate of drug-likeness (QED) is 0.731. The van der Waals surface area contributed by atoms with E-state index in [4.69, 9.17) is 0 Å². The van der Waals surface area contributed by atoms with Crippen LogP contribution in [0.2, 0.25) is 0 Å². The van der Waals surface area contributed by atoms with Gasteiger partial charge in [0, 0.05) is 25.0 Å². The van der Waals surface area contributed by atoms with E-state index in [9.17, 15) is 4.79 Å². The number of carbonyl (C=O) groups is 1. The predicted molar refractivity (Wildman–Crippen MR) is 107 cm³/mol. The van der Waals surface area contributed by atoms with Crippen LogP contribution in [0.5, 0.6) is 0 Å². The Morgan fingerprint density at radius 3 is 2.46 bits per heavy atom. The largest absolute Gasteiger partial charge is 0.337 e. The van der Waals surface area contributed by atoms with Crippen molar-refractivity contribution in [2.45, 2.75) is 53.4 Å². The molecule has 1 N–H and O–H groups in total. The summed E-state index contributed by atoms with van der Waals surface area (Å²) in [6, 6.07) is 7.92. The molecule has 5 nitrogen and oxygen atoms in total. The molecule has 26 heavy (non-hydrogen) atoms. The lowest BCUT2D eigenvalue weighted by molar-refractivity contribution is 0.0749. The second-order valence-corrected chi connectivity index (χ2v) is 6.88. The van der Waals surface area contributed by atoms with Crippen LogP contribution in [0.15, 0.2) is 30.5 Å². The minimum atomic E-state index is -0.0342. The van der Waals surface area contributed by atoms with Crippen LogP contribution in [-0.4, -0.2) is 33.9 Å². The van der Waals surface area contributed by atoms with E-state index in [2.05, 4.69) is 68.1 Å². The number of anilines is 2. The average Bonchev–Trinajstić information content (AvgIpc) is 2.62. The molecule has 0 radical (unpaired) electrons. The van der Waals surface area contributed by atoms with Gasteiger partial charge in [0.05, 0.1) is 0 Å². The van der Waals surface area contributed by atoms with Crippen LogP contribution in [0.25, 0.3) is 0 Å². The summed E-state index contributed by atoms with van der Waals surface area (Å²) in [4.78, 5) is 23.4. The summed E-state index contributed by atoms with van der Waals surface area (Å²) in [6.07, 6.45) is 3.51. The third-order valence-electron chi connectivity index (χ3n) is 4.31. The zero-order valence-electron chi connectivity index (χ0n) is 16.5. The van der Waals surface area contributed by atoms with Gasteiger partial charge in [-0.15, -0.1) is 0 Å². The Labute approximate surface area is 156 Å². The topological polar surface area (TPSA) is 58.1 Å². The predicted octanol–water partition coefficient (Wildman–Crippen LogP) is 4.91. The van der Waals surface area contributed by atoms with Crippen molar-refractivity contribution < 1.29 is 4.79 Å².